The summed E-state index contributed by atoms with van der Waals surface area (Å²) in [5, 5.41) is 2.80. The fourth-order valence-electron chi connectivity index (χ4n) is 1.63. The summed E-state index contributed by atoms with van der Waals surface area (Å²) in [6.07, 6.45) is -4.38. The number of nitrogens with one attached hydrogen (secondary N) is 1. The molecule has 1 unspecified atom stereocenters. The highest BCUT2D eigenvalue weighted by atomic mass is 19.4. The van der Waals surface area contributed by atoms with Gasteiger partial charge in [0.05, 0.1) is 11.5 Å². The number of carbonyl (C=O) groups excluding carboxylic acids is 1. The van der Waals surface area contributed by atoms with E-state index in [4.69, 9.17) is 0 Å². The summed E-state index contributed by atoms with van der Waals surface area (Å²) in [7, 11) is 1.66. The standard InChI is InChI=1S/C12H14F3NO/c1-8(17)11(7-16-2)9-4-3-5-10(6-9)12(13,14)15/h3-6,11,16H,7H2,1-2H3. The van der Waals surface area contributed by atoms with E-state index < -0.39 is 17.7 Å². The Morgan fingerprint density at radius 3 is 2.53 bits per heavy atom. The molecule has 0 bridgehead atoms. The number of benzene rings is 1. The van der Waals surface area contributed by atoms with Crippen LogP contribution in [0.4, 0.5) is 13.2 Å². The van der Waals surface area contributed by atoms with Gasteiger partial charge in [-0.15, -0.1) is 0 Å². The molecule has 0 radical (unpaired) electrons. The minimum Gasteiger partial charge on any atom is -0.319 e. The highest BCUT2D eigenvalue weighted by molar-refractivity contribution is 5.83. The van der Waals surface area contributed by atoms with Crippen LogP contribution in [0.5, 0.6) is 0 Å². The van der Waals surface area contributed by atoms with Crippen molar-refractivity contribution in [1.82, 2.24) is 5.32 Å². The topological polar surface area (TPSA) is 29.1 Å². The van der Waals surface area contributed by atoms with Gasteiger partial charge in [0.1, 0.15) is 5.78 Å². The zero-order valence-corrected chi connectivity index (χ0v) is 9.64. The molecular weight excluding hydrogens is 231 g/mol. The first-order chi connectivity index (χ1) is 7.86. The van der Waals surface area contributed by atoms with E-state index in [-0.39, 0.29) is 5.78 Å². The van der Waals surface area contributed by atoms with Crippen molar-refractivity contribution in [2.24, 2.45) is 0 Å². The van der Waals surface area contributed by atoms with Crippen molar-refractivity contribution in [2.75, 3.05) is 13.6 Å². The molecule has 0 aromatic heterocycles. The summed E-state index contributed by atoms with van der Waals surface area (Å²) < 4.78 is 37.6. The summed E-state index contributed by atoms with van der Waals surface area (Å²) in [5.74, 6) is -0.694. The summed E-state index contributed by atoms with van der Waals surface area (Å²) in [6, 6.07) is 4.89. The van der Waals surface area contributed by atoms with Crippen LogP contribution in [-0.4, -0.2) is 19.4 Å². The Morgan fingerprint density at radius 2 is 2.06 bits per heavy atom. The minimum atomic E-state index is -4.38. The van der Waals surface area contributed by atoms with E-state index in [1.54, 1.807) is 13.1 Å². The SMILES string of the molecule is CNCC(C(C)=O)c1cccc(C(F)(F)F)c1. The Balaban J connectivity index is 3.08. The van der Waals surface area contributed by atoms with Crippen LogP contribution >= 0.6 is 0 Å². The van der Waals surface area contributed by atoms with Gasteiger partial charge in [0.25, 0.3) is 0 Å². The van der Waals surface area contributed by atoms with Gasteiger partial charge in [0, 0.05) is 6.54 Å². The van der Waals surface area contributed by atoms with Crippen molar-refractivity contribution < 1.29 is 18.0 Å². The van der Waals surface area contributed by atoms with Gasteiger partial charge in [-0.25, -0.2) is 0 Å². The predicted molar refractivity (Wildman–Crippen MR) is 58.8 cm³/mol. The van der Waals surface area contributed by atoms with Crippen LogP contribution in [-0.2, 0) is 11.0 Å². The number of likely N-dealkylation sites (N-methyl/N-ethyl adjacent to an activating group) is 1. The molecule has 2 nitrogen and oxygen atoms in total. The van der Waals surface area contributed by atoms with E-state index in [1.165, 1.54) is 13.0 Å². The molecule has 0 saturated carbocycles. The van der Waals surface area contributed by atoms with Crippen LogP contribution < -0.4 is 5.32 Å². The summed E-state index contributed by atoms with van der Waals surface area (Å²) >= 11 is 0. The number of carbonyl (C=O) groups is 1. The lowest BCUT2D eigenvalue weighted by Gasteiger charge is -2.15. The van der Waals surface area contributed by atoms with E-state index >= 15 is 0 Å². The van der Waals surface area contributed by atoms with Gasteiger partial charge in [-0.05, 0) is 25.6 Å². The average Bonchev–Trinajstić information content (AvgIpc) is 2.24. The van der Waals surface area contributed by atoms with Gasteiger partial charge in [-0.3, -0.25) is 4.79 Å². The Kier molecular flexibility index (Phi) is 4.28. The van der Waals surface area contributed by atoms with Gasteiger partial charge in [-0.2, -0.15) is 13.2 Å². The Hall–Kier alpha value is -1.36. The molecule has 1 aromatic rings. The monoisotopic (exact) mass is 245 g/mol. The fourth-order valence-corrected chi connectivity index (χ4v) is 1.63. The van der Waals surface area contributed by atoms with Crippen LogP contribution in [0.25, 0.3) is 0 Å². The first-order valence-corrected chi connectivity index (χ1v) is 5.18. The van der Waals surface area contributed by atoms with Crippen molar-refractivity contribution in [1.29, 1.82) is 0 Å². The zero-order valence-electron chi connectivity index (χ0n) is 9.64. The largest absolute Gasteiger partial charge is 0.416 e. The predicted octanol–water partition coefficient (Wildman–Crippen LogP) is 2.60. The van der Waals surface area contributed by atoms with E-state index in [1.807, 2.05) is 0 Å². The van der Waals surface area contributed by atoms with Gasteiger partial charge >= 0.3 is 6.18 Å². The molecule has 0 fully saturated rings. The second-order valence-corrected chi connectivity index (χ2v) is 3.84. The average molecular weight is 245 g/mol. The molecule has 1 rings (SSSR count). The smallest absolute Gasteiger partial charge is 0.319 e. The number of Topliss-reactive ketones (excluding diaryl/α,β-unsaturated/α-hetero) is 1. The Morgan fingerprint density at radius 1 is 1.41 bits per heavy atom. The number of ketones is 1. The number of hydrogen-bond acceptors (Lipinski definition) is 2. The normalized spacial score (nSPS) is 13.5. The second kappa shape index (κ2) is 5.31. The lowest BCUT2D eigenvalue weighted by molar-refractivity contribution is -0.137. The number of rotatable bonds is 4. The molecule has 0 saturated heterocycles. The molecule has 1 atom stereocenters. The first-order valence-electron chi connectivity index (χ1n) is 5.18. The maximum absolute atomic E-state index is 12.5. The quantitative estimate of drug-likeness (QED) is 0.883. The molecule has 1 N–H and O–H groups in total. The highest BCUT2D eigenvalue weighted by Gasteiger charge is 2.31. The van der Waals surface area contributed by atoms with Crippen molar-refractivity contribution >= 4 is 5.78 Å². The third kappa shape index (κ3) is 3.56. The van der Waals surface area contributed by atoms with Crippen LogP contribution in [0, 0.1) is 0 Å². The molecule has 0 aliphatic heterocycles. The molecule has 0 amide bonds. The van der Waals surface area contributed by atoms with E-state index in [0.717, 1.165) is 12.1 Å². The highest BCUT2D eigenvalue weighted by Crippen LogP contribution is 2.31. The minimum absolute atomic E-state index is 0.154. The summed E-state index contributed by atoms with van der Waals surface area (Å²) in [5.41, 5.74) is -0.334. The van der Waals surface area contributed by atoms with E-state index in [2.05, 4.69) is 5.32 Å². The molecule has 1 aromatic carbocycles. The fraction of sp³-hybridized carbons (Fsp3) is 0.417. The number of alkyl halides is 3. The molecule has 0 aliphatic rings. The molecular formula is C12H14F3NO. The van der Waals surface area contributed by atoms with Crippen molar-refractivity contribution in [3.63, 3.8) is 0 Å². The Labute approximate surface area is 97.8 Å². The maximum atomic E-state index is 12.5. The van der Waals surface area contributed by atoms with E-state index in [9.17, 15) is 18.0 Å². The zero-order chi connectivity index (χ0) is 13.1. The van der Waals surface area contributed by atoms with Crippen molar-refractivity contribution in [3.8, 4) is 0 Å². The lowest BCUT2D eigenvalue weighted by Crippen LogP contribution is -2.23. The van der Waals surface area contributed by atoms with Crippen LogP contribution in [0.2, 0.25) is 0 Å². The molecule has 17 heavy (non-hydrogen) atoms. The molecule has 5 heteroatoms. The van der Waals surface area contributed by atoms with Crippen LogP contribution in [0.3, 0.4) is 0 Å². The summed E-state index contributed by atoms with van der Waals surface area (Å²) in [4.78, 5) is 11.4. The van der Waals surface area contributed by atoms with Gasteiger partial charge < -0.3 is 5.32 Å². The number of halogens is 3. The molecule has 0 spiro atoms. The van der Waals surface area contributed by atoms with Crippen LogP contribution in [0.15, 0.2) is 24.3 Å². The van der Waals surface area contributed by atoms with Gasteiger partial charge in [-0.1, -0.05) is 18.2 Å². The molecule has 94 valence electrons. The number of hydrogen-bond donors (Lipinski definition) is 1. The lowest BCUT2D eigenvalue weighted by atomic mass is 9.94. The molecule has 0 heterocycles. The van der Waals surface area contributed by atoms with Crippen molar-refractivity contribution in [3.05, 3.63) is 35.4 Å². The Bertz CT molecular complexity index is 401. The molecule has 0 aliphatic carbocycles. The third-order valence-electron chi connectivity index (χ3n) is 2.52. The first kappa shape index (κ1) is 13.7. The van der Waals surface area contributed by atoms with Crippen LogP contribution in [0.1, 0.15) is 24.0 Å². The van der Waals surface area contributed by atoms with Crippen molar-refractivity contribution in [2.45, 2.75) is 19.0 Å². The second-order valence-electron chi connectivity index (χ2n) is 3.84. The maximum Gasteiger partial charge on any atom is 0.416 e. The van der Waals surface area contributed by atoms with E-state index in [0.29, 0.717) is 12.1 Å². The van der Waals surface area contributed by atoms with Gasteiger partial charge in [0.15, 0.2) is 0 Å². The van der Waals surface area contributed by atoms with Gasteiger partial charge in [0.2, 0.25) is 0 Å². The third-order valence-corrected chi connectivity index (χ3v) is 2.52. The summed E-state index contributed by atoms with van der Waals surface area (Å²) in [6.45, 7) is 1.71.